The van der Waals surface area contributed by atoms with Crippen molar-refractivity contribution in [2.45, 2.75) is 68.8 Å². The largest absolute Gasteiger partial charge is 0.481 e. The van der Waals surface area contributed by atoms with Gasteiger partial charge in [0.05, 0.1) is 0 Å². The molecule has 2 amide bonds. The topological polar surface area (TPSA) is 105 Å². The molecule has 2 saturated heterocycles. The van der Waals surface area contributed by atoms with Crippen LogP contribution in [0.15, 0.2) is 12.2 Å². The number of nitrogens with one attached hydrogen (secondary N) is 2. The molecule has 3 N–H and O–H groups in total. The number of fused-ring (bicyclic) bond motifs is 2. The Balaban J connectivity index is 1.68. The van der Waals surface area contributed by atoms with Crippen LogP contribution in [0.4, 0.5) is 4.79 Å². The van der Waals surface area contributed by atoms with Crippen molar-refractivity contribution in [3.63, 3.8) is 0 Å². The minimum atomic E-state index is -0.749. The molecule has 0 aliphatic carbocycles. The van der Waals surface area contributed by atoms with Gasteiger partial charge in [0, 0.05) is 30.0 Å². The number of rotatable bonds is 13. The summed E-state index contributed by atoms with van der Waals surface area (Å²) in [4.78, 5) is 34.1. The predicted octanol–water partition coefficient (Wildman–Crippen LogP) is 3.34. The predicted molar refractivity (Wildman–Crippen MR) is 114 cm³/mol. The fourth-order valence-corrected chi connectivity index (χ4v) is 6.06. The van der Waals surface area contributed by atoms with Crippen LogP contribution in [0.3, 0.4) is 0 Å². The number of carboxylic acid groups (broad SMARTS) is 1. The summed E-state index contributed by atoms with van der Waals surface area (Å²) in [5.74, 6) is -0.0368. The quantitative estimate of drug-likeness (QED) is 0.308. The average molecular weight is 427 g/mol. The Morgan fingerprint density at radius 3 is 2.59 bits per heavy atom. The van der Waals surface area contributed by atoms with Crippen molar-refractivity contribution in [1.82, 2.24) is 10.6 Å². The molecular weight excluding hydrogens is 392 g/mol. The third kappa shape index (κ3) is 8.28. The van der Waals surface area contributed by atoms with Crippen LogP contribution in [-0.4, -0.2) is 53.3 Å². The molecule has 0 aromatic rings. The number of allylic oxidation sites excluding steroid dienone is 2. The molecule has 2 fully saturated rings. The number of carboxylic acids is 1. The maximum atomic E-state index is 12.0. The number of ether oxygens (including phenoxy) is 1. The maximum absolute atomic E-state index is 12.0. The van der Waals surface area contributed by atoms with Gasteiger partial charge in [0.15, 0.2) is 6.61 Å². The summed E-state index contributed by atoms with van der Waals surface area (Å²) in [6.45, 7) is 2.97. The molecule has 0 spiro atoms. The van der Waals surface area contributed by atoms with E-state index in [9.17, 15) is 14.4 Å². The van der Waals surface area contributed by atoms with Gasteiger partial charge in [0.2, 0.25) is 0 Å². The Morgan fingerprint density at radius 2 is 1.86 bits per heavy atom. The molecule has 2 aliphatic rings. The number of hydrogen-bond acceptors (Lipinski definition) is 5. The van der Waals surface area contributed by atoms with Crippen molar-refractivity contribution in [2.75, 3.05) is 19.7 Å². The second kappa shape index (κ2) is 12.8. The summed E-state index contributed by atoms with van der Waals surface area (Å²) in [5.41, 5.74) is 0. The Morgan fingerprint density at radius 1 is 1.10 bits per heavy atom. The van der Waals surface area contributed by atoms with Crippen molar-refractivity contribution in [1.29, 1.82) is 0 Å². The smallest absolute Gasteiger partial charge is 0.407 e. The van der Waals surface area contributed by atoms with E-state index in [1.807, 2.05) is 18.7 Å². The fraction of sp³-hybridized carbons (Fsp3) is 0.762. The van der Waals surface area contributed by atoms with Gasteiger partial charge in [-0.15, -0.1) is 0 Å². The summed E-state index contributed by atoms with van der Waals surface area (Å²) in [6.07, 6.45) is 10.7. The van der Waals surface area contributed by atoms with Crippen molar-refractivity contribution in [2.24, 2.45) is 11.8 Å². The van der Waals surface area contributed by atoms with E-state index < -0.39 is 12.1 Å². The minimum absolute atomic E-state index is 0.210. The standard InChI is InChI=1S/C21H34N2O5S/c1-2-3-12-22-21(27)28-14-19(24)23-13-16-15(17-10-11-18(16)29-17)8-6-4-5-7-9-20(25)26/h4,6,15-18H,2-3,5,7-14H2,1H3,(H,22,27)(H,23,24)(H,25,26)/b6-4-/t15-,16+,17-,18+/m1/s1. The highest BCUT2D eigenvalue weighted by Crippen LogP contribution is 2.54. The molecule has 0 radical (unpaired) electrons. The van der Waals surface area contributed by atoms with E-state index in [2.05, 4.69) is 22.8 Å². The summed E-state index contributed by atoms with van der Waals surface area (Å²) < 4.78 is 4.95. The van der Waals surface area contributed by atoms with Crippen LogP contribution in [-0.2, 0) is 14.3 Å². The number of aliphatic carboxylic acids is 1. The molecule has 4 atom stereocenters. The number of thioether (sulfide) groups is 1. The van der Waals surface area contributed by atoms with Crippen LogP contribution in [0.25, 0.3) is 0 Å². The zero-order valence-electron chi connectivity index (χ0n) is 17.2. The molecule has 2 aliphatic heterocycles. The molecule has 164 valence electrons. The third-order valence-corrected chi connectivity index (χ3v) is 7.47. The highest BCUT2D eigenvalue weighted by Gasteiger charge is 2.47. The fourth-order valence-electron chi connectivity index (χ4n) is 4.05. The normalized spacial score (nSPS) is 25.3. The maximum Gasteiger partial charge on any atom is 0.407 e. The highest BCUT2D eigenvalue weighted by atomic mass is 32.2. The zero-order chi connectivity index (χ0) is 21.1. The Hall–Kier alpha value is -1.70. The Labute approximate surface area is 177 Å². The van der Waals surface area contributed by atoms with Gasteiger partial charge in [-0.1, -0.05) is 25.5 Å². The first-order chi connectivity index (χ1) is 14.0. The molecule has 29 heavy (non-hydrogen) atoms. The number of carbonyl (C=O) groups excluding carboxylic acids is 2. The van der Waals surface area contributed by atoms with Gasteiger partial charge in [0.1, 0.15) is 0 Å². The number of unbranched alkanes of at least 4 members (excludes halogenated alkanes) is 2. The summed E-state index contributed by atoms with van der Waals surface area (Å²) in [7, 11) is 0. The lowest BCUT2D eigenvalue weighted by Crippen LogP contribution is -2.40. The Kier molecular flexibility index (Phi) is 10.4. The van der Waals surface area contributed by atoms with Crippen LogP contribution in [0, 0.1) is 11.8 Å². The van der Waals surface area contributed by atoms with E-state index in [-0.39, 0.29) is 18.9 Å². The molecule has 0 unspecified atom stereocenters. The monoisotopic (exact) mass is 426 g/mol. The Bertz CT molecular complexity index is 583. The van der Waals surface area contributed by atoms with Gasteiger partial charge in [-0.05, 0) is 50.4 Å². The average Bonchev–Trinajstić information content (AvgIpc) is 3.29. The zero-order valence-corrected chi connectivity index (χ0v) is 18.0. The minimum Gasteiger partial charge on any atom is -0.481 e. The summed E-state index contributed by atoms with van der Waals surface area (Å²) in [5, 5.41) is 15.5. The first-order valence-corrected chi connectivity index (χ1v) is 11.6. The lowest BCUT2D eigenvalue weighted by molar-refractivity contribution is -0.137. The number of alkyl carbamates (subject to hydrolysis) is 1. The van der Waals surface area contributed by atoms with Gasteiger partial charge in [-0.2, -0.15) is 11.8 Å². The van der Waals surface area contributed by atoms with Gasteiger partial charge in [-0.3, -0.25) is 9.59 Å². The van der Waals surface area contributed by atoms with Crippen molar-refractivity contribution in [3.05, 3.63) is 12.2 Å². The van der Waals surface area contributed by atoms with Crippen LogP contribution in [0.2, 0.25) is 0 Å². The molecule has 0 aromatic heterocycles. The van der Waals surface area contributed by atoms with Gasteiger partial charge >= 0.3 is 12.1 Å². The molecule has 2 rings (SSSR count). The summed E-state index contributed by atoms with van der Waals surface area (Å²) >= 11 is 2.04. The second-order valence-electron chi connectivity index (χ2n) is 7.77. The van der Waals surface area contributed by atoms with Crippen molar-refractivity contribution in [3.8, 4) is 0 Å². The van der Waals surface area contributed by atoms with E-state index in [4.69, 9.17) is 9.84 Å². The van der Waals surface area contributed by atoms with Crippen LogP contribution < -0.4 is 10.6 Å². The van der Waals surface area contributed by atoms with Gasteiger partial charge in [0.25, 0.3) is 5.91 Å². The van der Waals surface area contributed by atoms with Crippen molar-refractivity contribution < 1.29 is 24.2 Å². The van der Waals surface area contributed by atoms with E-state index in [1.54, 1.807) is 0 Å². The second-order valence-corrected chi connectivity index (χ2v) is 9.25. The SMILES string of the molecule is CCCCNC(=O)OCC(=O)NC[C@H]1[C@@H](C/C=C\CCCC(=O)O)[C@H]2CC[C@@H]1S2. The van der Waals surface area contributed by atoms with Gasteiger partial charge < -0.3 is 20.5 Å². The van der Waals surface area contributed by atoms with Gasteiger partial charge in [-0.25, -0.2) is 4.79 Å². The van der Waals surface area contributed by atoms with E-state index in [0.29, 0.717) is 41.8 Å². The van der Waals surface area contributed by atoms with E-state index in [0.717, 1.165) is 25.7 Å². The van der Waals surface area contributed by atoms with Crippen LogP contribution >= 0.6 is 11.8 Å². The highest BCUT2D eigenvalue weighted by molar-refractivity contribution is 8.01. The van der Waals surface area contributed by atoms with E-state index in [1.165, 1.54) is 12.8 Å². The first-order valence-electron chi connectivity index (χ1n) is 10.7. The summed E-state index contributed by atoms with van der Waals surface area (Å²) in [6, 6.07) is 0. The number of hydrogen-bond donors (Lipinski definition) is 3. The molecule has 2 heterocycles. The molecule has 0 aromatic carbocycles. The molecular formula is C21H34N2O5S. The third-order valence-electron chi connectivity index (χ3n) is 5.60. The molecule has 8 heteroatoms. The molecule has 0 saturated carbocycles. The number of amides is 2. The van der Waals surface area contributed by atoms with Crippen LogP contribution in [0.5, 0.6) is 0 Å². The van der Waals surface area contributed by atoms with E-state index >= 15 is 0 Å². The van der Waals surface area contributed by atoms with Crippen molar-refractivity contribution >= 4 is 29.7 Å². The van der Waals surface area contributed by atoms with Crippen LogP contribution in [0.1, 0.15) is 58.3 Å². The lowest BCUT2D eigenvalue weighted by atomic mass is 9.77. The first kappa shape index (κ1) is 23.6. The molecule has 2 bridgehead atoms. The lowest BCUT2D eigenvalue weighted by Gasteiger charge is -2.29. The molecule has 7 nitrogen and oxygen atoms in total. The number of carbonyl (C=O) groups is 3.